The fourth-order valence-electron chi connectivity index (χ4n) is 0.949. The zero-order valence-corrected chi connectivity index (χ0v) is 10.1. The molecule has 0 aliphatic rings. The van der Waals surface area contributed by atoms with Gasteiger partial charge in [0, 0.05) is 8.90 Å². The summed E-state index contributed by atoms with van der Waals surface area (Å²) in [7, 11) is 0. The molecule has 0 heterocycles. The highest BCUT2D eigenvalue weighted by atomic mass is 127. The first-order valence-corrected chi connectivity index (χ1v) is 5.56. The van der Waals surface area contributed by atoms with Gasteiger partial charge in [-0.3, -0.25) is 0 Å². The molecule has 0 N–H and O–H groups in total. The number of alkyl halides is 4. The fourth-order valence-corrected chi connectivity index (χ4v) is 1.97. The average Bonchev–Trinajstić information content (AvgIpc) is 2.01. The molecule has 0 atom stereocenters. The lowest BCUT2D eigenvalue weighted by Crippen LogP contribution is -2.08. The number of hydrogen-bond acceptors (Lipinski definition) is 0. The van der Waals surface area contributed by atoms with Crippen LogP contribution in [0.5, 0.6) is 0 Å². The second kappa shape index (κ2) is 4.16. The lowest BCUT2D eigenvalue weighted by molar-refractivity contribution is -0.138. The second-order valence-corrected chi connectivity index (χ2v) is 4.24. The van der Waals surface area contributed by atoms with Crippen LogP contribution in [0.4, 0.5) is 13.2 Å². The lowest BCUT2D eigenvalue weighted by atomic mass is 10.1. The summed E-state index contributed by atoms with van der Waals surface area (Å²) in [5, 5.41) is 0.221. The van der Waals surface area contributed by atoms with Gasteiger partial charge in [0.2, 0.25) is 0 Å². The third-order valence-corrected chi connectivity index (χ3v) is 2.79. The maximum Gasteiger partial charge on any atom is 0.416 e. The molecule has 0 fully saturated rings. The van der Waals surface area contributed by atoms with Gasteiger partial charge in [0.15, 0.2) is 0 Å². The fraction of sp³-hybridized carbons (Fsp3) is 0.250. The molecule has 1 aromatic carbocycles. The number of halogens is 5. The molecule has 0 nitrogen and oxygen atoms in total. The van der Waals surface area contributed by atoms with Crippen molar-refractivity contribution in [3.8, 4) is 0 Å². The summed E-state index contributed by atoms with van der Waals surface area (Å²) in [6, 6.07) is 4.09. The van der Waals surface area contributed by atoms with Crippen LogP contribution in [0.3, 0.4) is 0 Å². The van der Waals surface area contributed by atoms with E-state index in [4.69, 9.17) is 0 Å². The van der Waals surface area contributed by atoms with Gasteiger partial charge in [-0.15, -0.1) is 0 Å². The van der Waals surface area contributed by atoms with E-state index in [0.717, 1.165) is 9.64 Å². The lowest BCUT2D eigenvalue weighted by Gasteiger charge is -2.10. The second-order valence-electron chi connectivity index (χ2n) is 2.43. The first kappa shape index (κ1) is 11.3. The van der Waals surface area contributed by atoms with E-state index < -0.39 is 11.7 Å². The van der Waals surface area contributed by atoms with E-state index in [1.54, 1.807) is 0 Å². The van der Waals surface area contributed by atoms with Crippen molar-refractivity contribution in [3.63, 3.8) is 0 Å². The van der Waals surface area contributed by atoms with Crippen molar-refractivity contribution in [3.05, 3.63) is 32.9 Å². The molecular formula is C8H5BrF3I. The molecule has 0 saturated carbocycles. The molecule has 13 heavy (non-hydrogen) atoms. The quantitative estimate of drug-likeness (QED) is 0.517. The van der Waals surface area contributed by atoms with Crippen LogP contribution in [0.15, 0.2) is 18.2 Å². The Labute approximate surface area is 95.8 Å². The van der Waals surface area contributed by atoms with Crippen molar-refractivity contribution in [2.24, 2.45) is 0 Å². The van der Waals surface area contributed by atoms with Crippen molar-refractivity contribution in [1.82, 2.24) is 0 Å². The molecule has 0 amide bonds. The van der Waals surface area contributed by atoms with Crippen molar-refractivity contribution in [1.29, 1.82) is 0 Å². The Hall–Kier alpha value is 0.220. The molecule has 0 unspecified atom stereocenters. The molecule has 0 saturated heterocycles. The predicted molar refractivity (Wildman–Crippen MR) is 56.8 cm³/mol. The van der Waals surface area contributed by atoms with Crippen LogP contribution in [-0.4, -0.2) is 0 Å². The van der Waals surface area contributed by atoms with Crippen molar-refractivity contribution >= 4 is 38.5 Å². The third-order valence-electron chi connectivity index (χ3n) is 1.52. The Bertz CT molecular complexity index is 309. The minimum atomic E-state index is -4.26. The van der Waals surface area contributed by atoms with E-state index in [2.05, 4.69) is 15.9 Å². The molecule has 0 bridgehead atoms. The van der Waals surface area contributed by atoms with E-state index in [9.17, 15) is 13.2 Å². The Morgan fingerprint density at radius 3 is 2.38 bits per heavy atom. The Kier molecular flexibility index (Phi) is 3.62. The van der Waals surface area contributed by atoms with Gasteiger partial charge in [0.1, 0.15) is 0 Å². The minimum absolute atomic E-state index is 0.221. The average molecular weight is 365 g/mol. The highest BCUT2D eigenvalue weighted by molar-refractivity contribution is 14.1. The van der Waals surface area contributed by atoms with E-state index in [-0.39, 0.29) is 10.9 Å². The normalized spacial score (nSPS) is 11.8. The minimum Gasteiger partial charge on any atom is -0.166 e. The number of hydrogen-bond donors (Lipinski definition) is 0. The van der Waals surface area contributed by atoms with Crippen LogP contribution in [0.1, 0.15) is 11.1 Å². The molecule has 0 aliphatic carbocycles. The predicted octanol–water partition coefficient (Wildman–Crippen LogP) is 4.20. The third kappa shape index (κ3) is 2.83. The van der Waals surface area contributed by atoms with E-state index in [1.807, 2.05) is 22.6 Å². The van der Waals surface area contributed by atoms with Crippen molar-refractivity contribution < 1.29 is 13.2 Å². The summed E-state index contributed by atoms with van der Waals surface area (Å²) in [5.41, 5.74) is -0.288. The summed E-state index contributed by atoms with van der Waals surface area (Å²) in [6.07, 6.45) is -4.26. The summed E-state index contributed by atoms with van der Waals surface area (Å²) < 4.78 is 37.8. The molecule has 5 heteroatoms. The van der Waals surface area contributed by atoms with Gasteiger partial charge in [-0.25, -0.2) is 0 Å². The Balaban J connectivity index is 3.22. The van der Waals surface area contributed by atoms with Crippen LogP contribution in [0.25, 0.3) is 0 Å². The topological polar surface area (TPSA) is 0 Å². The molecule has 72 valence electrons. The summed E-state index contributed by atoms with van der Waals surface area (Å²) in [5.74, 6) is 0. The number of benzene rings is 1. The van der Waals surface area contributed by atoms with Crippen LogP contribution < -0.4 is 0 Å². The van der Waals surface area contributed by atoms with Crippen molar-refractivity contribution in [2.75, 3.05) is 0 Å². The highest BCUT2D eigenvalue weighted by Crippen LogP contribution is 2.33. The zero-order chi connectivity index (χ0) is 10.1. The Morgan fingerprint density at radius 1 is 1.31 bits per heavy atom. The molecule has 1 rings (SSSR count). The highest BCUT2D eigenvalue weighted by Gasteiger charge is 2.32. The molecule has 0 aromatic heterocycles. The van der Waals surface area contributed by atoms with Gasteiger partial charge < -0.3 is 0 Å². The van der Waals surface area contributed by atoms with Crippen molar-refractivity contribution in [2.45, 2.75) is 11.5 Å². The van der Waals surface area contributed by atoms with Gasteiger partial charge in [-0.1, -0.05) is 15.9 Å². The maximum atomic E-state index is 12.3. The Morgan fingerprint density at radius 2 is 1.92 bits per heavy atom. The van der Waals surface area contributed by atoms with Gasteiger partial charge in [-0.2, -0.15) is 13.2 Å². The summed E-state index contributed by atoms with van der Waals surface area (Å²) >= 11 is 5.02. The van der Waals surface area contributed by atoms with E-state index in [1.165, 1.54) is 12.1 Å². The monoisotopic (exact) mass is 364 g/mol. The van der Waals surface area contributed by atoms with Crippen LogP contribution in [0.2, 0.25) is 0 Å². The first-order valence-electron chi connectivity index (χ1n) is 3.36. The maximum absolute atomic E-state index is 12.3. The SMILES string of the molecule is FC(F)(F)c1ccc(I)cc1CBr. The van der Waals surface area contributed by atoms with Gasteiger partial charge in [-0.05, 0) is 46.4 Å². The standard InChI is InChI=1S/C8H5BrF3I/c9-4-5-3-6(13)1-2-7(5)8(10,11)12/h1-3H,4H2. The molecule has 1 aromatic rings. The van der Waals surface area contributed by atoms with E-state index in [0.29, 0.717) is 0 Å². The summed E-state index contributed by atoms with van der Waals surface area (Å²) in [4.78, 5) is 0. The van der Waals surface area contributed by atoms with Crippen LogP contribution in [-0.2, 0) is 11.5 Å². The van der Waals surface area contributed by atoms with Gasteiger partial charge in [0.25, 0.3) is 0 Å². The zero-order valence-electron chi connectivity index (χ0n) is 6.33. The molecular weight excluding hydrogens is 360 g/mol. The largest absolute Gasteiger partial charge is 0.416 e. The molecule has 0 spiro atoms. The molecule has 0 aliphatic heterocycles. The van der Waals surface area contributed by atoms with Gasteiger partial charge in [0.05, 0.1) is 5.56 Å². The smallest absolute Gasteiger partial charge is 0.166 e. The van der Waals surface area contributed by atoms with Crippen LogP contribution in [0, 0.1) is 3.57 Å². The van der Waals surface area contributed by atoms with Gasteiger partial charge >= 0.3 is 6.18 Å². The first-order chi connectivity index (χ1) is 5.95. The van der Waals surface area contributed by atoms with E-state index >= 15 is 0 Å². The molecule has 0 radical (unpaired) electrons. The summed E-state index contributed by atoms with van der Waals surface area (Å²) in [6.45, 7) is 0. The number of rotatable bonds is 1. The van der Waals surface area contributed by atoms with Crippen LogP contribution >= 0.6 is 38.5 Å².